The number of amides is 1. The second-order valence-electron chi connectivity index (χ2n) is 4.13. The average molecular weight is 322 g/mol. The molecular formula is C12H17F3N4O3. The van der Waals surface area contributed by atoms with Crippen molar-refractivity contribution in [3.8, 4) is 0 Å². The molecule has 124 valence electrons. The molecule has 7 nitrogen and oxygen atoms in total. The van der Waals surface area contributed by atoms with Crippen molar-refractivity contribution in [2.45, 2.75) is 32.6 Å². The third kappa shape index (κ3) is 8.15. The van der Waals surface area contributed by atoms with Gasteiger partial charge in [-0.2, -0.15) is 13.2 Å². The molecule has 0 spiro atoms. The predicted octanol–water partition coefficient (Wildman–Crippen LogP) is 0.642. The summed E-state index contributed by atoms with van der Waals surface area (Å²) in [5.41, 5.74) is 0.819. The molecule has 0 radical (unpaired) electrons. The molecule has 1 aromatic heterocycles. The van der Waals surface area contributed by atoms with Gasteiger partial charge < -0.3 is 15.7 Å². The summed E-state index contributed by atoms with van der Waals surface area (Å²) in [7, 11) is 1.75. The Hall–Kier alpha value is -2.23. The Labute approximate surface area is 125 Å². The molecule has 0 aliphatic carbocycles. The Morgan fingerprint density at radius 2 is 1.95 bits per heavy atom. The Kier molecular flexibility index (Phi) is 8.02. The van der Waals surface area contributed by atoms with E-state index in [9.17, 15) is 18.0 Å². The van der Waals surface area contributed by atoms with E-state index in [-0.39, 0.29) is 11.9 Å². The summed E-state index contributed by atoms with van der Waals surface area (Å²) in [6, 6.07) is 1.60. The monoisotopic (exact) mass is 322 g/mol. The molecule has 1 rings (SSSR count). The van der Waals surface area contributed by atoms with Crippen molar-refractivity contribution in [3.05, 3.63) is 23.8 Å². The summed E-state index contributed by atoms with van der Waals surface area (Å²) in [6.45, 7) is 4.07. The highest BCUT2D eigenvalue weighted by Crippen LogP contribution is 2.13. The van der Waals surface area contributed by atoms with Crippen LogP contribution < -0.4 is 10.6 Å². The highest BCUT2D eigenvalue weighted by Gasteiger charge is 2.38. The van der Waals surface area contributed by atoms with Crippen LogP contribution in [0.15, 0.2) is 12.3 Å². The van der Waals surface area contributed by atoms with Crippen molar-refractivity contribution >= 4 is 11.9 Å². The van der Waals surface area contributed by atoms with E-state index in [0.717, 1.165) is 5.69 Å². The van der Waals surface area contributed by atoms with E-state index < -0.39 is 12.1 Å². The van der Waals surface area contributed by atoms with Crippen LogP contribution in [-0.4, -0.2) is 46.2 Å². The van der Waals surface area contributed by atoms with Crippen LogP contribution in [0.25, 0.3) is 0 Å². The summed E-state index contributed by atoms with van der Waals surface area (Å²) in [5.74, 6) is -2.08. The van der Waals surface area contributed by atoms with E-state index in [1.165, 1.54) is 0 Å². The molecule has 0 aliphatic heterocycles. The Morgan fingerprint density at radius 3 is 2.36 bits per heavy atom. The standard InChI is InChI=1S/C10H16N4O.C2HF3O2/c1-7(11-3)10(15)13-6-9-4-5-12-8(2)14-9;3-2(4,5)1(6)7/h4-5,7,11H,6H2,1-3H3,(H,13,15);(H,6,7). The number of carboxylic acid groups (broad SMARTS) is 1. The van der Waals surface area contributed by atoms with Crippen LogP contribution in [0, 0.1) is 6.92 Å². The zero-order chi connectivity index (χ0) is 17.3. The number of rotatable bonds is 4. The largest absolute Gasteiger partial charge is 0.490 e. The van der Waals surface area contributed by atoms with Gasteiger partial charge in [-0.15, -0.1) is 0 Å². The number of aliphatic carboxylic acids is 1. The number of hydrogen-bond donors (Lipinski definition) is 3. The van der Waals surface area contributed by atoms with E-state index in [1.807, 2.05) is 6.92 Å². The number of carbonyl (C=O) groups excluding carboxylic acids is 1. The third-order valence-electron chi connectivity index (χ3n) is 2.35. The first-order valence-corrected chi connectivity index (χ1v) is 6.11. The minimum atomic E-state index is -5.08. The maximum Gasteiger partial charge on any atom is 0.490 e. The van der Waals surface area contributed by atoms with E-state index in [2.05, 4.69) is 20.6 Å². The van der Waals surface area contributed by atoms with Crippen molar-refractivity contribution in [2.75, 3.05) is 7.05 Å². The number of alkyl halides is 3. The van der Waals surface area contributed by atoms with Crippen LogP contribution in [0.2, 0.25) is 0 Å². The van der Waals surface area contributed by atoms with Gasteiger partial charge in [0, 0.05) is 6.20 Å². The van der Waals surface area contributed by atoms with Gasteiger partial charge in [0.1, 0.15) is 5.82 Å². The summed E-state index contributed by atoms with van der Waals surface area (Å²) in [6.07, 6.45) is -3.40. The van der Waals surface area contributed by atoms with Crippen LogP contribution in [0.3, 0.4) is 0 Å². The fraction of sp³-hybridized carbons (Fsp3) is 0.500. The lowest BCUT2D eigenvalue weighted by Crippen LogP contribution is -2.40. The molecule has 1 unspecified atom stereocenters. The van der Waals surface area contributed by atoms with Crippen molar-refractivity contribution in [1.82, 2.24) is 20.6 Å². The zero-order valence-electron chi connectivity index (χ0n) is 12.2. The van der Waals surface area contributed by atoms with E-state index in [4.69, 9.17) is 9.90 Å². The fourth-order valence-corrected chi connectivity index (χ4v) is 1.07. The fourth-order valence-electron chi connectivity index (χ4n) is 1.07. The van der Waals surface area contributed by atoms with Gasteiger partial charge in [0.25, 0.3) is 0 Å². The molecule has 1 heterocycles. The molecule has 0 fully saturated rings. The van der Waals surface area contributed by atoms with Gasteiger partial charge in [0.15, 0.2) is 0 Å². The maximum absolute atomic E-state index is 11.4. The van der Waals surface area contributed by atoms with Crippen molar-refractivity contribution < 1.29 is 27.9 Å². The summed E-state index contributed by atoms with van der Waals surface area (Å²) < 4.78 is 31.7. The zero-order valence-corrected chi connectivity index (χ0v) is 12.2. The number of aryl methyl sites for hydroxylation is 1. The molecule has 10 heteroatoms. The molecule has 0 aliphatic rings. The number of likely N-dealkylation sites (N-methyl/N-ethyl adjacent to an activating group) is 1. The predicted molar refractivity (Wildman–Crippen MR) is 70.8 cm³/mol. The van der Waals surface area contributed by atoms with Crippen molar-refractivity contribution in [1.29, 1.82) is 0 Å². The quantitative estimate of drug-likeness (QED) is 0.751. The minimum absolute atomic E-state index is 0.0336. The Balaban J connectivity index is 0.000000534. The Bertz CT molecular complexity index is 509. The third-order valence-corrected chi connectivity index (χ3v) is 2.35. The molecular weight excluding hydrogens is 305 g/mol. The van der Waals surface area contributed by atoms with Crippen LogP contribution in [0.5, 0.6) is 0 Å². The molecule has 0 aromatic carbocycles. The lowest BCUT2D eigenvalue weighted by atomic mass is 10.3. The second-order valence-corrected chi connectivity index (χ2v) is 4.13. The molecule has 1 amide bonds. The first kappa shape index (κ1) is 19.8. The lowest BCUT2D eigenvalue weighted by Gasteiger charge is -2.10. The van der Waals surface area contributed by atoms with Crippen LogP contribution in [0.4, 0.5) is 13.2 Å². The number of carbonyl (C=O) groups is 2. The van der Waals surface area contributed by atoms with Crippen LogP contribution in [0.1, 0.15) is 18.4 Å². The SMILES string of the molecule is CNC(C)C(=O)NCc1ccnc(C)n1.O=C(O)C(F)(F)F. The van der Waals surface area contributed by atoms with Crippen LogP contribution in [-0.2, 0) is 16.1 Å². The molecule has 1 atom stereocenters. The minimum Gasteiger partial charge on any atom is -0.475 e. The topological polar surface area (TPSA) is 104 Å². The second kappa shape index (κ2) is 8.93. The number of halogens is 3. The molecule has 22 heavy (non-hydrogen) atoms. The molecule has 3 N–H and O–H groups in total. The van der Waals surface area contributed by atoms with Gasteiger partial charge in [-0.3, -0.25) is 4.79 Å². The highest BCUT2D eigenvalue weighted by molar-refractivity contribution is 5.81. The van der Waals surface area contributed by atoms with E-state index in [0.29, 0.717) is 12.4 Å². The normalized spacial score (nSPS) is 11.9. The molecule has 0 bridgehead atoms. The van der Waals surface area contributed by atoms with Gasteiger partial charge in [-0.05, 0) is 27.0 Å². The maximum atomic E-state index is 11.4. The summed E-state index contributed by atoms with van der Waals surface area (Å²) in [4.78, 5) is 28.5. The lowest BCUT2D eigenvalue weighted by molar-refractivity contribution is -0.192. The number of hydrogen-bond acceptors (Lipinski definition) is 5. The molecule has 0 saturated carbocycles. The first-order chi connectivity index (χ1) is 10.1. The van der Waals surface area contributed by atoms with Gasteiger partial charge in [-0.25, -0.2) is 14.8 Å². The molecule has 1 aromatic rings. The van der Waals surface area contributed by atoms with Gasteiger partial charge in [-0.1, -0.05) is 0 Å². The van der Waals surface area contributed by atoms with Crippen LogP contribution >= 0.6 is 0 Å². The summed E-state index contributed by atoms with van der Waals surface area (Å²) >= 11 is 0. The first-order valence-electron chi connectivity index (χ1n) is 6.11. The average Bonchev–Trinajstić information content (AvgIpc) is 2.43. The van der Waals surface area contributed by atoms with Gasteiger partial charge in [0.05, 0.1) is 18.3 Å². The van der Waals surface area contributed by atoms with Gasteiger partial charge in [0.2, 0.25) is 5.91 Å². The number of nitrogens with one attached hydrogen (secondary N) is 2. The Morgan fingerprint density at radius 1 is 1.41 bits per heavy atom. The smallest absolute Gasteiger partial charge is 0.475 e. The van der Waals surface area contributed by atoms with Gasteiger partial charge >= 0.3 is 12.1 Å². The highest BCUT2D eigenvalue weighted by atomic mass is 19.4. The number of aromatic nitrogens is 2. The van der Waals surface area contributed by atoms with E-state index in [1.54, 1.807) is 26.2 Å². The number of carboxylic acids is 1. The number of nitrogens with zero attached hydrogens (tertiary/aromatic N) is 2. The van der Waals surface area contributed by atoms with Crippen molar-refractivity contribution in [2.24, 2.45) is 0 Å². The summed E-state index contributed by atoms with van der Waals surface area (Å²) in [5, 5.41) is 12.8. The van der Waals surface area contributed by atoms with E-state index >= 15 is 0 Å². The van der Waals surface area contributed by atoms with Crippen molar-refractivity contribution in [3.63, 3.8) is 0 Å². The molecule has 0 saturated heterocycles.